The van der Waals surface area contributed by atoms with E-state index in [1.807, 2.05) is 23.9 Å². The molecule has 0 aliphatic carbocycles. The average molecular weight is 451 g/mol. The van der Waals surface area contributed by atoms with Crippen LogP contribution in [0, 0.1) is 0 Å². The normalized spacial score (nSPS) is 14.1. The Morgan fingerprint density at radius 1 is 1.30 bits per heavy atom. The van der Waals surface area contributed by atoms with Gasteiger partial charge in [-0.3, -0.25) is 4.99 Å². The van der Waals surface area contributed by atoms with Gasteiger partial charge in [0.2, 0.25) is 6.79 Å². The molecule has 0 saturated carbocycles. The lowest BCUT2D eigenvalue weighted by Crippen LogP contribution is -2.38. The predicted octanol–water partition coefficient (Wildman–Crippen LogP) is 2.88. The van der Waals surface area contributed by atoms with Crippen molar-refractivity contribution in [2.45, 2.75) is 25.5 Å². The van der Waals surface area contributed by atoms with Crippen molar-refractivity contribution >= 4 is 41.7 Å². The maximum Gasteiger partial charge on any atom is 0.231 e. The van der Waals surface area contributed by atoms with Crippen LogP contribution < -0.4 is 20.1 Å². The zero-order valence-corrected chi connectivity index (χ0v) is 17.1. The summed E-state index contributed by atoms with van der Waals surface area (Å²) in [6.45, 7) is 7.10. The molecule has 0 radical (unpaired) electrons. The van der Waals surface area contributed by atoms with Gasteiger partial charge in [-0.15, -0.1) is 24.0 Å². The molecule has 1 heterocycles. The summed E-state index contributed by atoms with van der Waals surface area (Å²) in [5.41, 5.74) is 1.23. The summed E-state index contributed by atoms with van der Waals surface area (Å²) in [4.78, 5) is 4.60. The molecule has 130 valence electrons. The Hall–Kier alpha value is -0.830. The van der Waals surface area contributed by atoms with Gasteiger partial charge in [0.25, 0.3) is 0 Å². The summed E-state index contributed by atoms with van der Waals surface area (Å²) in [5, 5.41) is 7.18. The fourth-order valence-corrected chi connectivity index (χ4v) is 2.28. The van der Waals surface area contributed by atoms with Crippen LogP contribution in [0.5, 0.6) is 11.5 Å². The molecule has 1 aromatic rings. The van der Waals surface area contributed by atoms with Gasteiger partial charge in [-0.1, -0.05) is 13.0 Å². The van der Waals surface area contributed by atoms with Gasteiger partial charge in [0.1, 0.15) is 0 Å². The summed E-state index contributed by atoms with van der Waals surface area (Å²) in [7, 11) is 0. The highest BCUT2D eigenvalue weighted by Crippen LogP contribution is 2.32. The monoisotopic (exact) mass is 451 g/mol. The lowest BCUT2D eigenvalue weighted by atomic mass is 10.1. The number of benzene rings is 1. The number of nitrogens with zero attached hydrogens (tertiary/aromatic N) is 1. The second kappa shape index (κ2) is 10.9. The molecule has 0 saturated heterocycles. The highest BCUT2D eigenvalue weighted by atomic mass is 127. The van der Waals surface area contributed by atoms with Crippen LogP contribution in [0.4, 0.5) is 0 Å². The van der Waals surface area contributed by atoms with Crippen molar-refractivity contribution in [2.24, 2.45) is 4.99 Å². The molecule has 1 aliphatic heterocycles. The molecule has 1 aliphatic rings. The maximum atomic E-state index is 5.40. The summed E-state index contributed by atoms with van der Waals surface area (Å²) in [6.07, 6.45) is 3.03. The van der Waals surface area contributed by atoms with Gasteiger partial charge in [0, 0.05) is 18.3 Å². The third-order valence-electron chi connectivity index (χ3n) is 3.40. The average Bonchev–Trinajstić information content (AvgIpc) is 2.99. The first-order chi connectivity index (χ1) is 10.7. The zero-order chi connectivity index (χ0) is 15.8. The minimum atomic E-state index is 0. The van der Waals surface area contributed by atoms with Crippen molar-refractivity contribution < 1.29 is 9.47 Å². The van der Waals surface area contributed by atoms with E-state index in [9.17, 15) is 0 Å². The number of nitrogens with one attached hydrogen (secondary N) is 2. The van der Waals surface area contributed by atoms with Crippen LogP contribution in [-0.4, -0.2) is 43.9 Å². The molecule has 1 aromatic carbocycles. The smallest absolute Gasteiger partial charge is 0.231 e. The van der Waals surface area contributed by atoms with Crippen LogP contribution in [0.3, 0.4) is 0 Å². The molecule has 0 amide bonds. The molecule has 0 bridgehead atoms. The largest absolute Gasteiger partial charge is 0.454 e. The molecule has 0 spiro atoms. The van der Waals surface area contributed by atoms with Crippen molar-refractivity contribution in [3.05, 3.63) is 23.8 Å². The van der Waals surface area contributed by atoms with Crippen LogP contribution >= 0.6 is 35.7 Å². The van der Waals surface area contributed by atoms with Crippen molar-refractivity contribution in [3.8, 4) is 11.5 Å². The summed E-state index contributed by atoms with van der Waals surface area (Å²) in [5.74, 6) is 2.55. The number of rotatable bonds is 7. The van der Waals surface area contributed by atoms with Gasteiger partial charge < -0.3 is 20.1 Å². The van der Waals surface area contributed by atoms with E-state index in [-0.39, 0.29) is 24.0 Å². The van der Waals surface area contributed by atoms with Gasteiger partial charge in [-0.25, -0.2) is 0 Å². The molecule has 0 aromatic heterocycles. The minimum absolute atomic E-state index is 0. The highest BCUT2D eigenvalue weighted by molar-refractivity contribution is 14.0. The molecule has 7 heteroatoms. The van der Waals surface area contributed by atoms with Crippen molar-refractivity contribution in [3.63, 3.8) is 0 Å². The number of guanidine groups is 1. The molecule has 1 atom stereocenters. The quantitative estimate of drug-likeness (QED) is 0.380. The minimum Gasteiger partial charge on any atom is -0.454 e. The van der Waals surface area contributed by atoms with Crippen LogP contribution in [0.1, 0.15) is 19.4 Å². The molecule has 5 nitrogen and oxygen atoms in total. The van der Waals surface area contributed by atoms with E-state index in [1.54, 1.807) is 0 Å². The van der Waals surface area contributed by atoms with E-state index < -0.39 is 0 Å². The Labute approximate surface area is 160 Å². The third-order valence-corrected chi connectivity index (χ3v) is 4.35. The topological polar surface area (TPSA) is 54.9 Å². The lowest BCUT2D eigenvalue weighted by molar-refractivity contribution is 0.174. The van der Waals surface area contributed by atoms with Gasteiger partial charge in [0.05, 0.1) is 6.54 Å². The van der Waals surface area contributed by atoms with E-state index in [0.717, 1.165) is 43.5 Å². The van der Waals surface area contributed by atoms with E-state index in [4.69, 9.17) is 9.47 Å². The van der Waals surface area contributed by atoms with Crippen LogP contribution in [0.25, 0.3) is 0 Å². The van der Waals surface area contributed by atoms with E-state index in [0.29, 0.717) is 12.0 Å². The Morgan fingerprint density at radius 2 is 2.09 bits per heavy atom. The first kappa shape index (κ1) is 20.2. The number of fused-ring (bicyclic) bond motifs is 1. The Kier molecular flexibility index (Phi) is 9.54. The van der Waals surface area contributed by atoms with E-state index in [2.05, 4.69) is 41.8 Å². The number of hydrogen-bond acceptors (Lipinski definition) is 4. The third kappa shape index (κ3) is 6.66. The fourth-order valence-electron chi connectivity index (χ4n) is 2.06. The van der Waals surface area contributed by atoms with Crippen LogP contribution in [0.2, 0.25) is 0 Å². The molecular weight excluding hydrogens is 425 g/mol. The summed E-state index contributed by atoms with van der Waals surface area (Å²) in [6, 6.07) is 6.09. The van der Waals surface area contributed by atoms with E-state index in [1.165, 1.54) is 5.56 Å². The zero-order valence-electron chi connectivity index (χ0n) is 13.9. The van der Waals surface area contributed by atoms with Crippen molar-refractivity contribution in [1.29, 1.82) is 0 Å². The van der Waals surface area contributed by atoms with Gasteiger partial charge >= 0.3 is 0 Å². The lowest BCUT2D eigenvalue weighted by Gasteiger charge is -2.12. The molecule has 2 N–H and O–H groups in total. The molecule has 0 fully saturated rings. The summed E-state index contributed by atoms with van der Waals surface area (Å²) >= 11 is 1.83. The van der Waals surface area contributed by atoms with Gasteiger partial charge in [0.15, 0.2) is 17.5 Å². The van der Waals surface area contributed by atoms with Crippen molar-refractivity contribution in [1.82, 2.24) is 10.6 Å². The fraction of sp³-hybridized carbons (Fsp3) is 0.562. The number of hydrogen-bond donors (Lipinski definition) is 2. The Bertz CT molecular complexity index is 514. The number of thioether (sulfide) groups is 1. The number of aliphatic imine (C=N–C) groups is 1. The Morgan fingerprint density at radius 3 is 2.83 bits per heavy atom. The first-order valence-electron chi connectivity index (χ1n) is 7.66. The SMILES string of the molecule is CCNC(=NCC(C)SC)NCCc1ccc2c(c1)OCO2.I. The number of halogens is 1. The standard InChI is InChI=1S/C16H25N3O2S.HI/c1-4-17-16(19-10-12(2)22-3)18-8-7-13-5-6-14-15(9-13)21-11-20-14;/h5-6,9,12H,4,7-8,10-11H2,1-3H3,(H2,17,18,19);1H. The maximum absolute atomic E-state index is 5.40. The van der Waals surface area contributed by atoms with Gasteiger partial charge in [-0.2, -0.15) is 11.8 Å². The highest BCUT2D eigenvalue weighted by Gasteiger charge is 2.12. The molecular formula is C16H26IN3O2S. The van der Waals surface area contributed by atoms with Gasteiger partial charge in [-0.05, 0) is 37.3 Å². The molecule has 23 heavy (non-hydrogen) atoms. The predicted molar refractivity (Wildman–Crippen MR) is 109 cm³/mol. The summed E-state index contributed by atoms with van der Waals surface area (Å²) < 4.78 is 10.7. The second-order valence-electron chi connectivity index (χ2n) is 5.13. The Balaban J connectivity index is 0.00000264. The van der Waals surface area contributed by atoms with Crippen LogP contribution in [0.15, 0.2) is 23.2 Å². The van der Waals surface area contributed by atoms with E-state index >= 15 is 0 Å². The second-order valence-corrected chi connectivity index (χ2v) is 6.41. The molecule has 1 unspecified atom stereocenters. The molecule has 2 rings (SSSR count). The van der Waals surface area contributed by atoms with Crippen molar-refractivity contribution in [2.75, 3.05) is 32.7 Å². The number of ether oxygens (including phenoxy) is 2. The first-order valence-corrected chi connectivity index (χ1v) is 8.95. The van der Waals surface area contributed by atoms with Crippen LogP contribution in [-0.2, 0) is 6.42 Å².